The van der Waals surface area contributed by atoms with E-state index in [2.05, 4.69) is 15.6 Å². The summed E-state index contributed by atoms with van der Waals surface area (Å²) in [5, 5.41) is 5.79. The number of carbonyl (C=O) groups excluding carboxylic acids is 2. The van der Waals surface area contributed by atoms with Gasteiger partial charge in [-0.3, -0.25) is 9.59 Å². The number of carbonyl (C=O) groups is 2. The van der Waals surface area contributed by atoms with Gasteiger partial charge in [-0.2, -0.15) is 0 Å². The van der Waals surface area contributed by atoms with E-state index in [-0.39, 0.29) is 18.4 Å². The third kappa shape index (κ3) is 4.76. The molecule has 146 valence electrons. The highest BCUT2D eigenvalue weighted by molar-refractivity contribution is 5.94. The average Bonchev–Trinajstić information content (AvgIpc) is 3.03. The summed E-state index contributed by atoms with van der Waals surface area (Å²) < 4.78 is 1.96. The molecule has 0 fully saturated rings. The van der Waals surface area contributed by atoms with E-state index in [1.165, 1.54) is 0 Å². The second kappa shape index (κ2) is 9.17. The SMILES string of the molecule is CCNC(=O)Cn1c(CCCNC(=O)c2cccc(C)c2)nc2ccccc21. The molecule has 0 aliphatic rings. The second-order valence-corrected chi connectivity index (χ2v) is 6.79. The van der Waals surface area contributed by atoms with Gasteiger partial charge in [0.25, 0.3) is 5.91 Å². The Labute approximate surface area is 165 Å². The van der Waals surface area contributed by atoms with Crippen molar-refractivity contribution in [2.75, 3.05) is 13.1 Å². The molecule has 2 N–H and O–H groups in total. The van der Waals surface area contributed by atoms with Crippen LogP contribution in [-0.4, -0.2) is 34.5 Å². The maximum atomic E-state index is 12.2. The molecule has 3 rings (SSSR count). The van der Waals surface area contributed by atoms with Gasteiger partial charge in [-0.05, 0) is 44.5 Å². The third-order valence-corrected chi connectivity index (χ3v) is 4.55. The fourth-order valence-electron chi connectivity index (χ4n) is 3.23. The monoisotopic (exact) mass is 378 g/mol. The summed E-state index contributed by atoms with van der Waals surface area (Å²) in [5.41, 5.74) is 3.56. The van der Waals surface area contributed by atoms with Crippen LogP contribution in [0.3, 0.4) is 0 Å². The molecule has 0 saturated carbocycles. The summed E-state index contributed by atoms with van der Waals surface area (Å²) in [6.07, 6.45) is 1.43. The lowest BCUT2D eigenvalue weighted by Gasteiger charge is -2.10. The molecule has 3 aromatic rings. The Bertz CT molecular complexity index is 978. The first kappa shape index (κ1) is 19.6. The van der Waals surface area contributed by atoms with Gasteiger partial charge in [-0.1, -0.05) is 29.8 Å². The number of fused-ring (bicyclic) bond motifs is 1. The Morgan fingerprint density at radius 3 is 2.68 bits per heavy atom. The summed E-state index contributed by atoms with van der Waals surface area (Å²) >= 11 is 0. The van der Waals surface area contributed by atoms with Crippen LogP contribution >= 0.6 is 0 Å². The van der Waals surface area contributed by atoms with Gasteiger partial charge in [0.05, 0.1) is 11.0 Å². The van der Waals surface area contributed by atoms with Gasteiger partial charge in [-0.15, -0.1) is 0 Å². The summed E-state index contributed by atoms with van der Waals surface area (Å²) in [7, 11) is 0. The van der Waals surface area contributed by atoms with E-state index in [0.29, 0.717) is 25.1 Å². The highest BCUT2D eigenvalue weighted by Gasteiger charge is 2.13. The molecule has 0 radical (unpaired) electrons. The second-order valence-electron chi connectivity index (χ2n) is 6.79. The Kier molecular flexibility index (Phi) is 6.42. The lowest BCUT2D eigenvalue weighted by Crippen LogP contribution is -2.28. The number of imidazole rings is 1. The van der Waals surface area contributed by atoms with Gasteiger partial charge in [0.2, 0.25) is 5.91 Å². The first-order valence-corrected chi connectivity index (χ1v) is 9.64. The summed E-state index contributed by atoms with van der Waals surface area (Å²) in [6, 6.07) is 15.4. The molecule has 0 unspecified atom stereocenters. The largest absolute Gasteiger partial charge is 0.355 e. The van der Waals surface area contributed by atoms with Crippen LogP contribution in [0.4, 0.5) is 0 Å². The number of likely N-dealkylation sites (N-methyl/N-ethyl adjacent to an activating group) is 1. The van der Waals surface area contributed by atoms with Crippen molar-refractivity contribution in [2.45, 2.75) is 33.2 Å². The topological polar surface area (TPSA) is 76.0 Å². The van der Waals surface area contributed by atoms with Crippen LogP contribution in [0.1, 0.15) is 35.1 Å². The van der Waals surface area contributed by atoms with Crippen molar-refractivity contribution in [1.82, 2.24) is 20.2 Å². The minimum absolute atomic E-state index is 0.0281. The molecule has 1 heterocycles. The highest BCUT2D eigenvalue weighted by atomic mass is 16.2. The number of hydrogen-bond acceptors (Lipinski definition) is 3. The van der Waals surface area contributed by atoms with Crippen molar-refractivity contribution in [3.63, 3.8) is 0 Å². The Morgan fingerprint density at radius 1 is 1.07 bits per heavy atom. The number of benzene rings is 2. The molecule has 0 aliphatic carbocycles. The molecule has 6 heteroatoms. The predicted molar refractivity (Wildman–Crippen MR) is 110 cm³/mol. The molecule has 0 bridgehead atoms. The van der Waals surface area contributed by atoms with Gasteiger partial charge in [0, 0.05) is 25.1 Å². The van der Waals surface area contributed by atoms with Crippen molar-refractivity contribution in [3.8, 4) is 0 Å². The van der Waals surface area contributed by atoms with Gasteiger partial charge >= 0.3 is 0 Å². The number of aryl methyl sites for hydroxylation is 2. The normalized spacial score (nSPS) is 10.8. The molecule has 2 amide bonds. The van der Waals surface area contributed by atoms with Crippen LogP contribution in [0.5, 0.6) is 0 Å². The fraction of sp³-hybridized carbons (Fsp3) is 0.318. The number of nitrogens with zero attached hydrogens (tertiary/aromatic N) is 2. The van der Waals surface area contributed by atoms with E-state index in [9.17, 15) is 9.59 Å². The quantitative estimate of drug-likeness (QED) is 0.592. The average molecular weight is 378 g/mol. The van der Waals surface area contributed by atoms with Crippen LogP contribution in [0, 0.1) is 6.92 Å². The highest BCUT2D eigenvalue weighted by Crippen LogP contribution is 2.17. The van der Waals surface area contributed by atoms with Crippen LogP contribution in [0.2, 0.25) is 0 Å². The molecule has 0 atom stereocenters. The van der Waals surface area contributed by atoms with Gasteiger partial charge in [-0.25, -0.2) is 4.98 Å². The molecule has 0 aliphatic heterocycles. The van der Waals surface area contributed by atoms with E-state index in [0.717, 1.165) is 28.8 Å². The Morgan fingerprint density at radius 2 is 1.89 bits per heavy atom. The molecular weight excluding hydrogens is 352 g/mol. The molecule has 0 spiro atoms. The zero-order valence-electron chi connectivity index (χ0n) is 16.4. The van der Waals surface area contributed by atoms with Crippen LogP contribution in [0.25, 0.3) is 11.0 Å². The lowest BCUT2D eigenvalue weighted by atomic mass is 10.1. The third-order valence-electron chi connectivity index (χ3n) is 4.55. The first-order valence-electron chi connectivity index (χ1n) is 9.64. The minimum Gasteiger partial charge on any atom is -0.355 e. The Hall–Kier alpha value is -3.15. The molecular formula is C22H26N4O2. The molecule has 1 aromatic heterocycles. The van der Waals surface area contributed by atoms with Crippen molar-refractivity contribution < 1.29 is 9.59 Å². The lowest BCUT2D eigenvalue weighted by molar-refractivity contribution is -0.121. The van der Waals surface area contributed by atoms with Gasteiger partial charge in [0.1, 0.15) is 12.4 Å². The van der Waals surface area contributed by atoms with E-state index in [4.69, 9.17) is 0 Å². The molecule has 6 nitrogen and oxygen atoms in total. The number of para-hydroxylation sites is 2. The summed E-state index contributed by atoms with van der Waals surface area (Å²) in [4.78, 5) is 29.0. The minimum atomic E-state index is -0.0699. The van der Waals surface area contributed by atoms with Crippen LogP contribution < -0.4 is 10.6 Å². The van der Waals surface area contributed by atoms with Crippen LogP contribution in [0.15, 0.2) is 48.5 Å². The number of nitrogens with one attached hydrogen (secondary N) is 2. The van der Waals surface area contributed by atoms with Crippen molar-refractivity contribution in [2.24, 2.45) is 0 Å². The maximum absolute atomic E-state index is 12.2. The fourth-order valence-corrected chi connectivity index (χ4v) is 3.23. The van der Waals surface area contributed by atoms with Crippen molar-refractivity contribution in [3.05, 3.63) is 65.5 Å². The smallest absolute Gasteiger partial charge is 0.251 e. The van der Waals surface area contributed by atoms with E-state index < -0.39 is 0 Å². The Balaban J connectivity index is 1.63. The molecule has 2 aromatic carbocycles. The maximum Gasteiger partial charge on any atom is 0.251 e. The predicted octanol–water partition coefficient (Wildman–Crippen LogP) is 2.84. The number of aromatic nitrogens is 2. The van der Waals surface area contributed by atoms with Crippen molar-refractivity contribution in [1.29, 1.82) is 0 Å². The van der Waals surface area contributed by atoms with E-state index >= 15 is 0 Å². The van der Waals surface area contributed by atoms with Crippen molar-refractivity contribution >= 4 is 22.8 Å². The summed E-state index contributed by atoms with van der Waals surface area (Å²) in [5.74, 6) is 0.761. The summed E-state index contributed by atoms with van der Waals surface area (Å²) in [6.45, 7) is 5.28. The molecule has 0 saturated heterocycles. The van der Waals surface area contributed by atoms with E-state index in [1.807, 2.05) is 66.9 Å². The standard InChI is InChI=1S/C22H26N4O2/c1-3-23-21(27)15-26-19-11-5-4-10-18(19)25-20(26)12-7-13-24-22(28)17-9-6-8-16(2)14-17/h4-6,8-11,14H,3,7,12-13,15H2,1-2H3,(H,23,27)(H,24,28). The number of rotatable bonds is 8. The van der Waals surface area contributed by atoms with Gasteiger partial charge in [0.15, 0.2) is 0 Å². The number of hydrogen-bond donors (Lipinski definition) is 2. The zero-order chi connectivity index (χ0) is 19.9. The number of amides is 2. The van der Waals surface area contributed by atoms with Gasteiger partial charge < -0.3 is 15.2 Å². The molecule has 28 heavy (non-hydrogen) atoms. The zero-order valence-corrected chi connectivity index (χ0v) is 16.4. The van der Waals surface area contributed by atoms with E-state index in [1.54, 1.807) is 0 Å². The van der Waals surface area contributed by atoms with Crippen LogP contribution in [-0.2, 0) is 17.8 Å². The first-order chi connectivity index (χ1) is 13.6.